The number of hydrogen-bond acceptors (Lipinski definition) is 4. The van der Waals surface area contributed by atoms with Crippen LogP contribution >= 0.6 is 11.3 Å². The van der Waals surface area contributed by atoms with Crippen LogP contribution in [-0.2, 0) is 23.2 Å². The Morgan fingerprint density at radius 1 is 1.06 bits per heavy atom. The number of carbonyl (C=O) groups excluding carboxylic acids is 1. The summed E-state index contributed by atoms with van der Waals surface area (Å²) in [6.07, 6.45) is 3.43. The number of aromatic carboxylic acids is 1. The van der Waals surface area contributed by atoms with Crippen LogP contribution in [0.1, 0.15) is 56.3 Å². The van der Waals surface area contributed by atoms with Gasteiger partial charge in [-0.05, 0) is 50.7 Å². The monoisotopic (exact) mass is 448 g/mol. The van der Waals surface area contributed by atoms with Crippen LogP contribution in [0.5, 0.6) is 0 Å². The highest BCUT2D eigenvalue weighted by Gasteiger charge is 2.52. The van der Waals surface area contributed by atoms with E-state index in [1.165, 1.54) is 22.5 Å². The van der Waals surface area contributed by atoms with Crippen LogP contribution < -0.4 is 0 Å². The molecule has 1 saturated carbocycles. The van der Waals surface area contributed by atoms with E-state index in [9.17, 15) is 14.7 Å². The molecule has 1 fully saturated rings. The Hall–Kier alpha value is -2.99. The SMILES string of the molecule is Cc1ccc(C2(C(=O)N(CCCc3ccccc3)Cc3nc(C(=O)O)c(C)s3)CC2)cc1. The van der Waals surface area contributed by atoms with E-state index in [0.29, 0.717) is 23.0 Å². The summed E-state index contributed by atoms with van der Waals surface area (Å²) in [6, 6.07) is 18.5. The van der Waals surface area contributed by atoms with Crippen molar-refractivity contribution in [2.45, 2.75) is 51.5 Å². The van der Waals surface area contributed by atoms with Crippen molar-refractivity contribution in [2.24, 2.45) is 0 Å². The molecule has 2 aromatic carbocycles. The lowest BCUT2D eigenvalue weighted by Gasteiger charge is -2.27. The van der Waals surface area contributed by atoms with Crippen LogP contribution in [0.3, 0.4) is 0 Å². The molecule has 1 N–H and O–H groups in total. The summed E-state index contributed by atoms with van der Waals surface area (Å²) >= 11 is 1.36. The van der Waals surface area contributed by atoms with Gasteiger partial charge < -0.3 is 10.0 Å². The van der Waals surface area contributed by atoms with Crippen LogP contribution in [0.4, 0.5) is 0 Å². The number of rotatable bonds is 9. The van der Waals surface area contributed by atoms with E-state index in [1.54, 1.807) is 6.92 Å². The minimum atomic E-state index is -1.02. The van der Waals surface area contributed by atoms with Crippen LogP contribution in [0.15, 0.2) is 54.6 Å². The zero-order valence-electron chi connectivity index (χ0n) is 18.5. The van der Waals surface area contributed by atoms with Crippen molar-refractivity contribution in [1.82, 2.24) is 9.88 Å². The van der Waals surface area contributed by atoms with Gasteiger partial charge in [0.2, 0.25) is 5.91 Å². The van der Waals surface area contributed by atoms with Gasteiger partial charge in [-0.1, -0.05) is 60.2 Å². The molecule has 1 heterocycles. The summed E-state index contributed by atoms with van der Waals surface area (Å²) in [5.74, 6) is -0.899. The summed E-state index contributed by atoms with van der Waals surface area (Å²) in [5, 5.41) is 10.0. The summed E-state index contributed by atoms with van der Waals surface area (Å²) < 4.78 is 0. The van der Waals surface area contributed by atoms with Crippen LogP contribution in [0.2, 0.25) is 0 Å². The number of carbonyl (C=O) groups is 2. The fourth-order valence-corrected chi connectivity index (χ4v) is 5.12. The van der Waals surface area contributed by atoms with Gasteiger partial charge in [0.05, 0.1) is 12.0 Å². The van der Waals surface area contributed by atoms with Crippen molar-refractivity contribution >= 4 is 23.2 Å². The number of benzene rings is 2. The molecule has 0 aliphatic heterocycles. The lowest BCUT2D eigenvalue weighted by molar-refractivity contribution is -0.134. The van der Waals surface area contributed by atoms with Crippen molar-refractivity contribution in [3.05, 3.63) is 86.9 Å². The predicted molar refractivity (Wildman–Crippen MR) is 126 cm³/mol. The number of carboxylic acids is 1. The van der Waals surface area contributed by atoms with Crippen LogP contribution in [0, 0.1) is 13.8 Å². The smallest absolute Gasteiger partial charge is 0.355 e. The Kier molecular flexibility index (Phi) is 6.42. The van der Waals surface area contributed by atoms with E-state index in [-0.39, 0.29) is 11.6 Å². The minimum absolute atomic E-state index is 0.0846. The van der Waals surface area contributed by atoms with Crippen molar-refractivity contribution in [1.29, 1.82) is 0 Å². The number of carboxylic acid groups (broad SMARTS) is 1. The molecule has 32 heavy (non-hydrogen) atoms. The lowest BCUT2D eigenvalue weighted by atomic mass is 9.93. The molecule has 5 nitrogen and oxygen atoms in total. The first-order valence-electron chi connectivity index (χ1n) is 11.0. The molecule has 1 aliphatic carbocycles. The minimum Gasteiger partial charge on any atom is -0.476 e. The number of aryl methyl sites for hydroxylation is 3. The average Bonchev–Trinajstić information content (AvgIpc) is 3.50. The van der Waals surface area contributed by atoms with Gasteiger partial charge in [0.15, 0.2) is 5.69 Å². The Bertz CT molecular complexity index is 1100. The number of aromatic nitrogens is 1. The first-order chi connectivity index (χ1) is 15.4. The quantitative estimate of drug-likeness (QED) is 0.491. The van der Waals surface area contributed by atoms with E-state index >= 15 is 0 Å². The Balaban J connectivity index is 1.55. The molecule has 6 heteroatoms. The van der Waals surface area contributed by atoms with E-state index in [2.05, 4.69) is 41.4 Å². The maximum atomic E-state index is 13.8. The molecular weight excluding hydrogens is 420 g/mol. The first-order valence-corrected chi connectivity index (χ1v) is 11.8. The molecule has 0 atom stereocenters. The maximum absolute atomic E-state index is 13.8. The van der Waals surface area contributed by atoms with Gasteiger partial charge in [-0.25, -0.2) is 9.78 Å². The molecule has 4 rings (SSSR count). The zero-order valence-corrected chi connectivity index (χ0v) is 19.3. The molecule has 1 aromatic heterocycles. The largest absolute Gasteiger partial charge is 0.476 e. The van der Waals surface area contributed by atoms with Gasteiger partial charge in [-0.3, -0.25) is 4.79 Å². The molecule has 0 saturated heterocycles. The standard InChI is InChI=1S/C26H28N2O3S/c1-18-10-12-21(13-11-18)26(14-15-26)25(31)28(16-6-9-20-7-4-3-5-8-20)17-22-27-23(24(29)30)19(2)32-22/h3-5,7-8,10-13H,6,9,14-17H2,1-2H3,(H,29,30). The molecule has 0 unspecified atom stereocenters. The van der Waals surface area contributed by atoms with E-state index in [4.69, 9.17) is 0 Å². The van der Waals surface area contributed by atoms with Gasteiger partial charge in [-0.2, -0.15) is 0 Å². The third-order valence-corrected chi connectivity index (χ3v) is 7.11. The number of nitrogens with zero attached hydrogens (tertiary/aromatic N) is 2. The summed E-state index contributed by atoms with van der Waals surface area (Å²) in [5.41, 5.74) is 3.13. The summed E-state index contributed by atoms with van der Waals surface area (Å²) in [6.45, 7) is 4.77. The maximum Gasteiger partial charge on any atom is 0.355 e. The number of thiazole rings is 1. The van der Waals surface area contributed by atoms with Gasteiger partial charge >= 0.3 is 5.97 Å². The molecule has 1 aliphatic rings. The second-order valence-corrected chi connectivity index (χ2v) is 9.87. The molecule has 0 spiro atoms. The molecule has 0 radical (unpaired) electrons. The van der Waals surface area contributed by atoms with E-state index < -0.39 is 11.4 Å². The third-order valence-electron chi connectivity index (χ3n) is 6.16. The van der Waals surface area contributed by atoms with Gasteiger partial charge in [0, 0.05) is 11.4 Å². The fourth-order valence-electron chi connectivity index (χ4n) is 4.18. The van der Waals surface area contributed by atoms with Gasteiger partial charge in [0.1, 0.15) is 5.01 Å². The Morgan fingerprint density at radius 3 is 2.34 bits per heavy atom. The highest BCUT2D eigenvalue weighted by atomic mass is 32.1. The number of amides is 1. The summed E-state index contributed by atoms with van der Waals surface area (Å²) in [4.78, 5) is 32.1. The second-order valence-electron chi connectivity index (χ2n) is 8.58. The third kappa shape index (κ3) is 4.75. The topological polar surface area (TPSA) is 70.5 Å². The average molecular weight is 449 g/mol. The van der Waals surface area contributed by atoms with Crippen molar-refractivity contribution in [3.8, 4) is 0 Å². The van der Waals surface area contributed by atoms with E-state index in [0.717, 1.165) is 31.2 Å². The fraction of sp³-hybridized carbons (Fsp3) is 0.346. The molecule has 3 aromatic rings. The second kappa shape index (κ2) is 9.25. The predicted octanol–water partition coefficient (Wildman–Crippen LogP) is 5.15. The zero-order chi connectivity index (χ0) is 22.7. The van der Waals surface area contributed by atoms with Crippen LogP contribution in [0.25, 0.3) is 0 Å². The van der Waals surface area contributed by atoms with Crippen LogP contribution in [-0.4, -0.2) is 33.4 Å². The molecule has 166 valence electrons. The summed E-state index contributed by atoms with van der Waals surface area (Å²) in [7, 11) is 0. The highest BCUT2D eigenvalue weighted by Crippen LogP contribution is 2.50. The van der Waals surface area contributed by atoms with Crippen molar-refractivity contribution in [2.75, 3.05) is 6.54 Å². The molecule has 1 amide bonds. The Labute approximate surface area is 192 Å². The van der Waals surface area contributed by atoms with Gasteiger partial charge in [-0.15, -0.1) is 11.3 Å². The first kappa shape index (κ1) is 22.2. The molecular formula is C26H28N2O3S. The molecule has 0 bridgehead atoms. The highest BCUT2D eigenvalue weighted by molar-refractivity contribution is 7.11. The van der Waals surface area contributed by atoms with E-state index in [1.807, 2.05) is 30.0 Å². The lowest BCUT2D eigenvalue weighted by Crippen LogP contribution is -2.39. The van der Waals surface area contributed by atoms with Gasteiger partial charge in [0.25, 0.3) is 0 Å². The van der Waals surface area contributed by atoms with Crippen molar-refractivity contribution < 1.29 is 14.7 Å². The normalized spacial score (nSPS) is 14.2. The number of hydrogen-bond donors (Lipinski definition) is 1. The Morgan fingerprint density at radius 2 is 1.75 bits per heavy atom. The van der Waals surface area contributed by atoms with Crippen molar-refractivity contribution in [3.63, 3.8) is 0 Å².